The molecule has 0 amide bonds. The molecule has 1 aromatic heterocycles. The first-order valence-electron chi connectivity index (χ1n) is 7.34. The summed E-state index contributed by atoms with van der Waals surface area (Å²) >= 11 is 5.85. The number of nitrogens with one attached hydrogen (secondary N) is 2. The van der Waals surface area contributed by atoms with Gasteiger partial charge in [0.2, 0.25) is 0 Å². The molecule has 0 fully saturated rings. The molecule has 0 aliphatic carbocycles. The van der Waals surface area contributed by atoms with Gasteiger partial charge in [0.1, 0.15) is 10.3 Å². The van der Waals surface area contributed by atoms with E-state index in [1.807, 2.05) is 0 Å². The third-order valence-electron chi connectivity index (χ3n) is 3.61. The van der Waals surface area contributed by atoms with E-state index < -0.39 is 27.5 Å². The Kier molecular flexibility index (Phi) is 4.88. The van der Waals surface area contributed by atoms with Crippen molar-refractivity contribution >= 4 is 50.1 Å². The van der Waals surface area contributed by atoms with E-state index in [4.69, 9.17) is 17.0 Å². The van der Waals surface area contributed by atoms with Crippen LogP contribution in [0.4, 0.5) is 24.5 Å². The topological polar surface area (TPSA) is 67.4 Å². The van der Waals surface area contributed by atoms with E-state index in [2.05, 4.69) is 10.0 Å². The molecule has 0 bridgehead atoms. The number of rotatable bonds is 3. The maximum atomic E-state index is 13.5. The summed E-state index contributed by atoms with van der Waals surface area (Å²) in [7, 11) is -4.12. The number of hydrogen-bond donors (Lipinski definition) is 2. The normalized spacial score (nSPS) is 17.7. The van der Waals surface area contributed by atoms with Gasteiger partial charge in [-0.3, -0.25) is 4.72 Å². The standard InChI is InChI=1S/C15H13F3N2O3S3/c1-8-5-9-6-12(20-26(21,22)13-3-2-4-25-13)10(15(16,17)18)7-11(9)19-14(24)23-8/h2-4,6-8,20H,5H2,1H3,(H,19,24). The van der Waals surface area contributed by atoms with Gasteiger partial charge >= 0.3 is 6.18 Å². The summed E-state index contributed by atoms with van der Waals surface area (Å²) in [5.74, 6) is 0. The van der Waals surface area contributed by atoms with Gasteiger partial charge in [-0.05, 0) is 48.3 Å². The minimum atomic E-state index is -4.76. The van der Waals surface area contributed by atoms with Crippen LogP contribution in [0.15, 0.2) is 33.9 Å². The van der Waals surface area contributed by atoms with E-state index in [1.165, 1.54) is 23.6 Å². The molecule has 1 aromatic carbocycles. The molecule has 0 saturated heterocycles. The summed E-state index contributed by atoms with van der Waals surface area (Å²) in [5.41, 5.74) is -1.03. The van der Waals surface area contributed by atoms with E-state index >= 15 is 0 Å². The second-order valence-electron chi connectivity index (χ2n) is 5.64. The highest BCUT2D eigenvalue weighted by Crippen LogP contribution is 2.40. The van der Waals surface area contributed by atoms with Crippen LogP contribution in [-0.4, -0.2) is 19.7 Å². The van der Waals surface area contributed by atoms with Crippen LogP contribution in [0.25, 0.3) is 0 Å². The van der Waals surface area contributed by atoms with Crippen LogP contribution >= 0.6 is 23.6 Å². The van der Waals surface area contributed by atoms with Crippen LogP contribution in [0.1, 0.15) is 18.1 Å². The molecule has 0 radical (unpaired) electrons. The monoisotopic (exact) mass is 422 g/mol. The van der Waals surface area contributed by atoms with E-state index in [0.717, 1.165) is 17.4 Å². The van der Waals surface area contributed by atoms with Crippen molar-refractivity contribution in [2.24, 2.45) is 0 Å². The van der Waals surface area contributed by atoms with Crippen molar-refractivity contribution in [2.45, 2.75) is 29.8 Å². The lowest BCUT2D eigenvalue weighted by atomic mass is 10.0. The molecular weight excluding hydrogens is 409 g/mol. The van der Waals surface area contributed by atoms with Gasteiger partial charge < -0.3 is 10.1 Å². The van der Waals surface area contributed by atoms with Gasteiger partial charge in [0.05, 0.1) is 11.3 Å². The van der Waals surface area contributed by atoms with Crippen LogP contribution in [0.3, 0.4) is 0 Å². The maximum Gasteiger partial charge on any atom is 0.418 e. The van der Waals surface area contributed by atoms with Crippen LogP contribution in [-0.2, 0) is 27.4 Å². The molecule has 26 heavy (non-hydrogen) atoms. The van der Waals surface area contributed by atoms with E-state index in [0.29, 0.717) is 5.56 Å². The van der Waals surface area contributed by atoms with Crippen molar-refractivity contribution in [3.05, 3.63) is 40.8 Å². The number of anilines is 2. The predicted molar refractivity (Wildman–Crippen MR) is 97.0 cm³/mol. The number of sulfonamides is 1. The Bertz CT molecular complexity index is 941. The molecular formula is C15H13F3N2O3S3. The fourth-order valence-corrected chi connectivity index (χ4v) is 4.87. The van der Waals surface area contributed by atoms with Gasteiger partial charge in [-0.15, -0.1) is 11.3 Å². The third kappa shape index (κ3) is 3.94. The zero-order chi connectivity index (χ0) is 19.1. The Hall–Kier alpha value is -1.85. The Balaban J connectivity index is 2.10. The predicted octanol–water partition coefficient (Wildman–Crippen LogP) is 4.23. The number of thiophene rings is 1. The molecule has 0 saturated carbocycles. The van der Waals surface area contributed by atoms with Crippen molar-refractivity contribution in [3.8, 4) is 0 Å². The van der Waals surface area contributed by atoms with Crippen molar-refractivity contribution in [1.82, 2.24) is 0 Å². The van der Waals surface area contributed by atoms with Crippen LogP contribution < -0.4 is 10.0 Å². The molecule has 2 aromatic rings. The highest BCUT2D eigenvalue weighted by molar-refractivity contribution is 7.94. The highest BCUT2D eigenvalue weighted by Gasteiger charge is 2.36. The molecule has 11 heteroatoms. The quantitative estimate of drug-likeness (QED) is 0.725. The van der Waals surface area contributed by atoms with Gasteiger partial charge in [-0.1, -0.05) is 6.07 Å². The number of halogens is 3. The van der Waals surface area contributed by atoms with Gasteiger partial charge in [0.25, 0.3) is 15.2 Å². The Labute approximate surface area is 157 Å². The highest BCUT2D eigenvalue weighted by atomic mass is 32.2. The lowest BCUT2D eigenvalue weighted by molar-refractivity contribution is -0.136. The van der Waals surface area contributed by atoms with E-state index in [1.54, 1.807) is 6.92 Å². The first-order valence-corrected chi connectivity index (χ1v) is 10.1. The van der Waals surface area contributed by atoms with Crippen molar-refractivity contribution < 1.29 is 26.3 Å². The summed E-state index contributed by atoms with van der Waals surface area (Å²) in [5, 5.41) is 4.11. The smallest absolute Gasteiger partial charge is 0.418 e. The van der Waals surface area contributed by atoms with Crippen molar-refractivity contribution in [2.75, 3.05) is 10.0 Å². The first-order chi connectivity index (χ1) is 12.1. The van der Waals surface area contributed by atoms with E-state index in [9.17, 15) is 21.6 Å². The van der Waals surface area contributed by atoms with Gasteiger partial charge in [0, 0.05) is 12.1 Å². The molecule has 2 N–H and O–H groups in total. The van der Waals surface area contributed by atoms with Gasteiger partial charge in [-0.2, -0.15) is 13.2 Å². The molecule has 1 unspecified atom stereocenters. The Morgan fingerprint density at radius 3 is 2.73 bits per heavy atom. The van der Waals surface area contributed by atoms with Crippen LogP contribution in [0.5, 0.6) is 0 Å². The average Bonchev–Trinajstić information content (AvgIpc) is 2.98. The summed E-state index contributed by atoms with van der Waals surface area (Å²) < 4.78 is 72.5. The fraction of sp³-hybridized carbons (Fsp3) is 0.267. The Morgan fingerprint density at radius 2 is 2.12 bits per heavy atom. The minimum absolute atomic E-state index is 0.0312. The number of hydrogen-bond acceptors (Lipinski definition) is 5. The molecule has 3 rings (SSSR count). The molecule has 1 aliphatic rings. The lowest BCUT2D eigenvalue weighted by Gasteiger charge is -2.18. The second-order valence-corrected chi connectivity index (χ2v) is 8.86. The second kappa shape index (κ2) is 6.71. The largest absolute Gasteiger partial charge is 0.467 e. The minimum Gasteiger partial charge on any atom is -0.467 e. The molecule has 0 spiro atoms. The number of fused-ring (bicyclic) bond motifs is 1. The van der Waals surface area contributed by atoms with Crippen molar-refractivity contribution in [3.63, 3.8) is 0 Å². The maximum absolute atomic E-state index is 13.5. The van der Waals surface area contributed by atoms with Crippen molar-refractivity contribution in [1.29, 1.82) is 0 Å². The van der Waals surface area contributed by atoms with Crippen LogP contribution in [0, 0.1) is 0 Å². The average molecular weight is 422 g/mol. The van der Waals surface area contributed by atoms with Crippen LogP contribution in [0.2, 0.25) is 0 Å². The lowest BCUT2D eigenvalue weighted by Crippen LogP contribution is -2.18. The summed E-state index contributed by atoms with van der Waals surface area (Å²) in [6.45, 7) is 1.72. The van der Waals surface area contributed by atoms with Gasteiger partial charge in [0.15, 0.2) is 0 Å². The molecule has 1 aliphatic heterocycles. The summed E-state index contributed by atoms with van der Waals surface area (Å²) in [6.07, 6.45) is -4.85. The number of alkyl halides is 3. The number of ether oxygens (including phenoxy) is 1. The molecule has 140 valence electrons. The first kappa shape index (κ1) is 18.9. The zero-order valence-corrected chi connectivity index (χ0v) is 15.7. The zero-order valence-electron chi connectivity index (χ0n) is 13.3. The molecule has 5 nitrogen and oxygen atoms in total. The van der Waals surface area contributed by atoms with Gasteiger partial charge in [-0.25, -0.2) is 8.42 Å². The summed E-state index contributed by atoms with van der Waals surface area (Å²) in [4.78, 5) is 0. The fourth-order valence-electron chi connectivity index (χ4n) is 2.53. The van der Waals surface area contributed by atoms with E-state index in [-0.39, 0.29) is 27.6 Å². The third-order valence-corrected chi connectivity index (χ3v) is 6.57. The summed E-state index contributed by atoms with van der Waals surface area (Å²) in [6, 6.07) is 4.84. The SMILES string of the molecule is CC1Cc2cc(NS(=O)(=O)c3cccs3)c(C(F)(F)F)cc2NC(=S)O1. The Morgan fingerprint density at radius 1 is 1.38 bits per heavy atom. The number of benzene rings is 1. The number of thiocarbonyl (C=S) groups is 1. The molecule has 2 heterocycles. The molecule has 1 atom stereocenters.